The highest BCUT2D eigenvalue weighted by molar-refractivity contribution is 5.69. The van der Waals surface area contributed by atoms with Crippen LogP contribution in [0, 0.1) is 49.4 Å². The first-order chi connectivity index (χ1) is 47.8. The minimum Gasteiger partial charge on any atom is -0.201 e. The summed E-state index contributed by atoms with van der Waals surface area (Å²) in [5.41, 5.74) is 24.6. The van der Waals surface area contributed by atoms with E-state index in [4.69, 9.17) is 11.0 Å². The lowest BCUT2D eigenvalue weighted by molar-refractivity contribution is -0.668. The van der Waals surface area contributed by atoms with Gasteiger partial charge in [0.25, 0.3) is 0 Å². The van der Waals surface area contributed by atoms with Gasteiger partial charge in [-0.15, -0.1) is 0 Å². The lowest BCUT2D eigenvalue weighted by Crippen LogP contribution is -2.37. The Bertz CT molecular complexity index is 4600. The normalized spacial score (nSPS) is 22.2. The van der Waals surface area contributed by atoms with Crippen LogP contribution in [0.4, 0.5) is 0 Å². The van der Waals surface area contributed by atoms with E-state index in [1.807, 2.05) is 27.2 Å². The van der Waals surface area contributed by atoms with Crippen LogP contribution in [0.3, 0.4) is 0 Å². The van der Waals surface area contributed by atoms with Gasteiger partial charge in [0, 0.05) is 86.1 Å². The Kier molecular flexibility index (Phi) is 14.9. The summed E-state index contributed by atoms with van der Waals surface area (Å²) in [6, 6.07) is 53.2. The second-order valence-corrected chi connectivity index (χ2v) is 29.4. The van der Waals surface area contributed by atoms with Gasteiger partial charge in [-0.05, 0) is 232 Å². The summed E-state index contributed by atoms with van der Waals surface area (Å²) < 4.78 is 80.0. The molecule has 0 radical (unpaired) electrons. The minimum atomic E-state index is -1.24. The molecule has 4 nitrogen and oxygen atoms in total. The lowest BCUT2D eigenvalue weighted by atomic mass is 9.72. The zero-order valence-electron chi connectivity index (χ0n) is 64.5. The molecule has 4 saturated carbocycles. The predicted octanol–water partition coefficient (Wildman–Crippen LogP) is 19.0. The molecule has 0 aliphatic heterocycles. The monoisotopic (exact) mass is 1220 g/mol. The van der Waals surface area contributed by atoms with Crippen LogP contribution in [-0.4, -0.2) is 0 Å². The molecule has 9 aromatic rings. The topological polar surface area (TPSA) is 15.5 Å². The highest BCUT2D eigenvalue weighted by Crippen LogP contribution is 2.53. The molecule has 0 unspecified atom stereocenters. The van der Waals surface area contributed by atoms with E-state index in [-0.39, 0.29) is 21.7 Å². The van der Waals surface area contributed by atoms with Gasteiger partial charge in [-0.2, -0.15) is 4.57 Å². The zero-order chi connectivity index (χ0) is 70.4. The number of aromatic nitrogens is 4. The van der Waals surface area contributed by atoms with Gasteiger partial charge in [-0.1, -0.05) is 155 Å². The van der Waals surface area contributed by atoms with Crippen molar-refractivity contribution in [2.45, 2.75) is 194 Å². The molecule has 92 heavy (non-hydrogen) atoms. The maximum Gasteiger partial charge on any atom is 0.216 e. The molecule has 4 fully saturated rings. The number of rotatable bonds is 5. The first-order valence-electron chi connectivity index (χ1n) is 39.2. The number of pyridine rings is 4. The molecular weight excluding hydrogens is 1110 g/mol. The molecule has 0 atom stereocenters. The van der Waals surface area contributed by atoms with Crippen LogP contribution in [0.25, 0.3) is 56.2 Å². The van der Waals surface area contributed by atoms with Crippen molar-refractivity contribution in [1.82, 2.24) is 0 Å². The van der Waals surface area contributed by atoms with Gasteiger partial charge >= 0.3 is 0 Å². The SMILES string of the molecule is [2H]C1([2H])c2c(cc[n+](C)c2-c2ccccc2C)CC12CCCC2.[2H]C1([2H])c2c(ccc(-c3ccccc3C)[n+]2C)CC12CCCCC2.[2H]C1([2H])c2c[n+](C)c(-c3ccccc3C)cc2CC12CCCCC2.[2H]C1([2H])c2ccc(-c3ccc(-c4ccccc4C)[n+](C)c3)cc2CC12CCCC2. The molecule has 0 N–H and O–H groups in total. The lowest BCUT2D eigenvalue weighted by Gasteiger charge is -2.32. The fourth-order valence-electron chi connectivity index (χ4n) is 17.8. The average molecular weight is 1230 g/mol. The number of benzene rings is 5. The van der Waals surface area contributed by atoms with Crippen LogP contribution in [0.5, 0.6) is 0 Å². The summed E-state index contributed by atoms with van der Waals surface area (Å²) in [5, 5.41) is 0. The standard InChI is InChI=1S/C26H28N.2C21H26N.C20H24N/c1-19-7-3-4-8-24(19)25-12-11-22(18-27(25)2)20-9-10-21-16-26(13-5-6-14-26)17-23(21)15-20;1-16-8-4-5-9-18(16)19-11-10-17-14-21(12-6-3-7-13-21)15-20(17)22(19)2;1-16-8-4-5-9-19(16)20-12-17-13-21(10-6-3-7-11-21)14-18(17)15-22(20)2;1-15-7-3-4-8-17(15)19-18-14-20(10-5-6-11-20)13-16(18)9-12-21(19)2/h3-4,7-12,15,18H,5-6,13-14,16-17H2,1-2H3;4-5,8-11H,3,6-7,12-15H2,1-2H3;4-5,8-9,12,15H,3,6-7,10-11,13-14H2,1-2H3;3-4,7-9,12H,5-6,10-11,13-14H2,1-2H3/q4*+1/i16D2;15D2;2*14D2. The van der Waals surface area contributed by atoms with Crippen molar-refractivity contribution in [3.63, 3.8) is 0 Å². The van der Waals surface area contributed by atoms with Gasteiger partial charge in [0.05, 0.1) is 0 Å². The van der Waals surface area contributed by atoms with Gasteiger partial charge in [0.2, 0.25) is 22.8 Å². The van der Waals surface area contributed by atoms with Crippen LogP contribution in [-0.2, 0) is 79.4 Å². The maximum absolute atomic E-state index is 9.02. The summed E-state index contributed by atoms with van der Waals surface area (Å²) in [6.07, 6.45) is 25.1. The molecule has 4 aromatic heterocycles. The van der Waals surface area contributed by atoms with Crippen molar-refractivity contribution in [1.29, 1.82) is 0 Å². The van der Waals surface area contributed by atoms with Crippen molar-refractivity contribution in [3.05, 3.63) is 237 Å². The minimum absolute atomic E-state index is 0.173. The van der Waals surface area contributed by atoms with E-state index in [2.05, 4.69) is 217 Å². The van der Waals surface area contributed by atoms with E-state index in [9.17, 15) is 0 Å². The summed E-state index contributed by atoms with van der Waals surface area (Å²) in [5.74, 6) is 0. The largest absolute Gasteiger partial charge is 0.216 e. The number of fused-ring (bicyclic) bond motifs is 4. The Morgan fingerprint density at radius 1 is 0.326 bits per heavy atom. The molecular formula is C88H104N4+4. The van der Waals surface area contributed by atoms with Gasteiger partial charge in [0.1, 0.15) is 28.2 Å². The molecule has 8 aliphatic carbocycles. The molecule has 5 aromatic carbocycles. The molecule has 0 amide bonds. The third-order valence-corrected chi connectivity index (χ3v) is 22.9. The molecule has 4 spiro atoms. The zero-order valence-corrected chi connectivity index (χ0v) is 56.5. The van der Waals surface area contributed by atoms with Gasteiger partial charge < -0.3 is 0 Å². The van der Waals surface area contributed by atoms with E-state index in [1.54, 1.807) is 0 Å². The van der Waals surface area contributed by atoms with Crippen LogP contribution >= 0.6 is 0 Å². The smallest absolute Gasteiger partial charge is 0.201 e. The predicted molar refractivity (Wildman–Crippen MR) is 379 cm³/mol. The molecule has 17 rings (SSSR count). The van der Waals surface area contributed by atoms with E-state index in [0.29, 0.717) is 0 Å². The number of hydrogen-bond acceptors (Lipinski definition) is 0. The summed E-state index contributed by atoms with van der Waals surface area (Å²) >= 11 is 0. The quantitative estimate of drug-likeness (QED) is 0.153. The maximum atomic E-state index is 9.02. The van der Waals surface area contributed by atoms with Gasteiger partial charge in [0.15, 0.2) is 24.3 Å². The fourth-order valence-corrected chi connectivity index (χ4v) is 17.8. The third kappa shape index (κ3) is 12.4. The van der Waals surface area contributed by atoms with Crippen molar-refractivity contribution in [2.75, 3.05) is 0 Å². The number of hydrogen-bond donors (Lipinski definition) is 0. The summed E-state index contributed by atoms with van der Waals surface area (Å²) in [6.45, 7) is 8.53. The Morgan fingerprint density at radius 2 is 0.750 bits per heavy atom. The fraction of sp³-hybridized carbons (Fsp3) is 0.432. The van der Waals surface area contributed by atoms with Crippen LogP contribution < -0.4 is 18.3 Å². The van der Waals surface area contributed by atoms with E-state index in [1.165, 1.54) is 135 Å². The molecule has 4 heteroatoms. The van der Waals surface area contributed by atoms with Crippen molar-refractivity contribution >= 4 is 0 Å². The molecule has 472 valence electrons. The molecule has 8 aliphatic rings. The Morgan fingerprint density at radius 3 is 1.32 bits per heavy atom. The third-order valence-electron chi connectivity index (χ3n) is 22.9. The van der Waals surface area contributed by atoms with Crippen LogP contribution in [0.1, 0.15) is 193 Å². The van der Waals surface area contributed by atoms with Crippen molar-refractivity contribution in [2.24, 2.45) is 49.9 Å². The molecule has 0 saturated heterocycles. The van der Waals surface area contributed by atoms with Crippen molar-refractivity contribution < 1.29 is 29.2 Å². The van der Waals surface area contributed by atoms with E-state index in [0.717, 1.165) is 129 Å². The van der Waals surface area contributed by atoms with Crippen molar-refractivity contribution in [3.8, 4) is 56.2 Å². The number of aryl methyl sites for hydroxylation is 7. The Balaban J connectivity index is 0.000000114. The molecule has 4 heterocycles. The van der Waals surface area contributed by atoms with E-state index >= 15 is 0 Å². The highest BCUT2D eigenvalue weighted by atomic mass is 15.0. The van der Waals surface area contributed by atoms with Gasteiger partial charge in [-0.25, -0.2) is 13.7 Å². The first-order valence-corrected chi connectivity index (χ1v) is 35.2. The second kappa shape index (κ2) is 25.9. The van der Waals surface area contributed by atoms with Crippen LogP contribution in [0.15, 0.2) is 170 Å². The summed E-state index contributed by atoms with van der Waals surface area (Å²) in [4.78, 5) is 0. The molecule has 0 bridgehead atoms. The highest BCUT2D eigenvalue weighted by Gasteiger charge is 2.45. The van der Waals surface area contributed by atoms with Gasteiger partial charge in [-0.3, -0.25) is 0 Å². The first kappa shape index (κ1) is 53.1. The Labute approximate surface area is 564 Å². The van der Waals surface area contributed by atoms with Crippen LogP contribution in [0.2, 0.25) is 0 Å². The number of nitrogens with zero attached hydrogens (tertiary/aromatic N) is 4. The Hall–Kier alpha value is -7.30. The van der Waals surface area contributed by atoms with E-state index < -0.39 is 25.5 Å². The second-order valence-electron chi connectivity index (χ2n) is 29.4. The summed E-state index contributed by atoms with van der Waals surface area (Å²) in [7, 11) is 8.23. The average Bonchev–Trinajstić information content (AvgIpc) is 1.56.